The van der Waals surface area contributed by atoms with E-state index >= 15 is 0 Å². The summed E-state index contributed by atoms with van der Waals surface area (Å²) in [6.45, 7) is 6.50. The first-order chi connectivity index (χ1) is 11.3. The van der Waals surface area contributed by atoms with Gasteiger partial charge < -0.3 is 4.74 Å². The van der Waals surface area contributed by atoms with Crippen LogP contribution in [0.5, 0.6) is 5.75 Å². The predicted molar refractivity (Wildman–Crippen MR) is 93.9 cm³/mol. The molecule has 0 bridgehead atoms. The Morgan fingerprint density at radius 3 is 2.91 bits per heavy atom. The van der Waals surface area contributed by atoms with Crippen LogP contribution >= 0.6 is 0 Å². The summed E-state index contributed by atoms with van der Waals surface area (Å²) in [5.74, 6) is 2.51. The molecule has 1 aromatic heterocycles. The van der Waals surface area contributed by atoms with Gasteiger partial charge in [-0.25, -0.2) is 0 Å². The van der Waals surface area contributed by atoms with Gasteiger partial charge in [0.2, 0.25) is 0 Å². The number of nitrogens with zero attached hydrogens (tertiary/aromatic N) is 2. The second kappa shape index (κ2) is 7.67. The van der Waals surface area contributed by atoms with Crippen LogP contribution in [0.15, 0.2) is 36.7 Å². The van der Waals surface area contributed by atoms with Crippen LogP contribution in [-0.2, 0) is 13.0 Å². The fraction of sp³-hybridized carbons (Fsp3) is 0.550. The van der Waals surface area contributed by atoms with E-state index in [9.17, 15) is 0 Å². The highest BCUT2D eigenvalue weighted by Crippen LogP contribution is 2.34. The number of fused-ring (bicyclic) bond motifs is 1. The molecule has 2 unspecified atom stereocenters. The molecule has 3 heteroatoms. The van der Waals surface area contributed by atoms with E-state index < -0.39 is 0 Å². The highest BCUT2D eigenvalue weighted by atomic mass is 16.5. The van der Waals surface area contributed by atoms with Gasteiger partial charge in [-0.1, -0.05) is 32.4 Å². The van der Waals surface area contributed by atoms with Crippen LogP contribution in [0.2, 0.25) is 0 Å². The van der Waals surface area contributed by atoms with E-state index in [0.29, 0.717) is 5.92 Å². The molecule has 3 rings (SSSR count). The van der Waals surface area contributed by atoms with E-state index in [4.69, 9.17) is 4.74 Å². The molecule has 2 atom stereocenters. The van der Waals surface area contributed by atoms with Gasteiger partial charge in [-0.15, -0.1) is 0 Å². The molecule has 1 aromatic carbocycles. The Hall–Kier alpha value is -1.77. The second-order valence-electron chi connectivity index (χ2n) is 6.64. The zero-order valence-electron chi connectivity index (χ0n) is 14.4. The second-order valence-corrected chi connectivity index (χ2v) is 6.64. The lowest BCUT2D eigenvalue weighted by Crippen LogP contribution is -2.11. The molecular formula is C20H28N2O. The maximum absolute atomic E-state index is 5.64. The monoisotopic (exact) mass is 312 g/mol. The van der Waals surface area contributed by atoms with Gasteiger partial charge in [0.25, 0.3) is 0 Å². The van der Waals surface area contributed by atoms with Crippen molar-refractivity contribution in [1.82, 2.24) is 9.78 Å². The number of hydrogen-bond donors (Lipinski definition) is 0. The van der Waals surface area contributed by atoms with E-state index in [1.54, 1.807) is 0 Å². The molecule has 0 aliphatic carbocycles. The van der Waals surface area contributed by atoms with E-state index in [-0.39, 0.29) is 0 Å². The van der Waals surface area contributed by atoms with Gasteiger partial charge >= 0.3 is 0 Å². The lowest BCUT2D eigenvalue weighted by molar-refractivity contribution is 0.356. The quantitative estimate of drug-likeness (QED) is 0.699. The number of aromatic nitrogens is 2. The topological polar surface area (TPSA) is 27.1 Å². The molecule has 2 aromatic rings. The molecule has 1 aliphatic heterocycles. The Labute approximate surface area is 139 Å². The van der Waals surface area contributed by atoms with Crippen molar-refractivity contribution in [3.8, 4) is 5.75 Å². The molecule has 124 valence electrons. The molecule has 0 radical (unpaired) electrons. The summed E-state index contributed by atoms with van der Waals surface area (Å²) in [5, 5.41) is 4.32. The lowest BCUT2D eigenvalue weighted by Gasteiger charge is -2.22. The van der Waals surface area contributed by atoms with Crippen LogP contribution < -0.4 is 4.74 Å². The van der Waals surface area contributed by atoms with Gasteiger partial charge in [0.05, 0.1) is 6.61 Å². The van der Waals surface area contributed by atoms with E-state index in [1.807, 2.05) is 12.3 Å². The van der Waals surface area contributed by atoms with Crippen LogP contribution in [0, 0.1) is 5.92 Å². The number of ether oxygens (including phenoxy) is 1. The Morgan fingerprint density at radius 1 is 1.26 bits per heavy atom. The van der Waals surface area contributed by atoms with Crippen molar-refractivity contribution in [2.75, 3.05) is 6.61 Å². The van der Waals surface area contributed by atoms with Gasteiger partial charge in [-0.05, 0) is 54.4 Å². The molecule has 0 saturated carbocycles. The third-order valence-corrected chi connectivity index (χ3v) is 5.20. The van der Waals surface area contributed by atoms with E-state index in [0.717, 1.165) is 31.2 Å². The van der Waals surface area contributed by atoms with Crippen LogP contribution in [0.1, 0.15) is 56.6 Å². The summed E-state index contributed by atoms with van der Waals surface area (Å²) in [6, 6.07) is 8.84. The van der Waals surface area contributed by atoms with Crippen molar-refractivity contribution in [2.45, 2.75) is 58.4 Å². The SMILES string of the molecule is CCC(CCn1cccn1)CC(CC)c1ccc2c(c1)CCO2. The summed E-state index contributed by atoms with van der Waals surface area (Å²) in [6.07, 6.45) is 9.92. The summed E-state index contributed by atoms with van der Waals surface area (Å²) in [4.78, 5) is 0. The van der Waals surface area contributed by atoms with Gasteiger partial charge in [0.15, 0.2) is 0 Å². The van der Waals surface area contributed by atoms with Crippen molar-refractivity contribution < 1.29 is 4.74 Å². The molecule has 0 fully saturated rings. The highest BCUT2D eigenvalue weighted by molar-refractivity contribution is 5.40. The molecule has 3 nitrogen and oxygen atoms in total. The maximum atomic E-state index is 5.64. The Bertz CT molecular complexity index is 606. The molecule has 0 N–H and O–H groups in total. The van der Waals surface area contributed by atoms with Crippen LogP contribution in [-0.4, -0.2) is 16.4 Å². The maximum Gasteiger partial charge on any atom is 0.122 e. The molecule has 23 heavy (non-hydrogen) atoms. The van der Waals surface area contributed by atoms with Crippen molar-refractivity contribution in [3.05, 3.63) is 47.8 Å². The largest absolute Gasteiger partial charge is 0.493 e. The van der Waals surface area contributed by atoms with Gasteiger partial charge in [0.1, 0.15) is 5.75 Å². The Kier molecular flexibility index (Phi) is 5.37. The molecule has 0 saturated heterocycles. The standard InChI is InChI=1S/C20H28N2O/c1-3-16(8-12-22-11-5-10-21-22)14-17(4-2)18-6-7-20-19(15-18)9-13-23-20/h5-7,10-11,15-17H,3-4,8-9,12-14H2,1-2H3. The molecule has 0 amide bonds. The summed E-state index contributed by atoms with van der Waals surface area (Å²) in [5.41, 5.74) is 2.89. The first-order valence-corrected chi connectivity index (χ1v) is 9.03. The van der Waals surface area contributed by atoms with Crippen LogP contribution in [0.4, 0.5) is 0 Å². The third kappa shape index (κ3) is 3.95. The minimum Gasteiger partial charge on any atom is -0.493 e. The lowest BCUT2D eigenvalue weighted by atomic mass is 9.84. The fourth-order valence-electron chi connectivity index (χ4n) is 3.64. The van der Waals surface area contributed by atoms with Crippen molar-refractivity contribution in [1.29, 1.82) is 0 Å². The van der Waals surface area contributed by atoms with Crippen molar-refractivity contribution in [2.24, 2.45) is 5.92 Å². The minimum atomic E-state index is 0.656. The summed E-state index contributed by atoms with van der Waals surface area (Å²) in [7, 11) is 0. The molecular weight excluding hydrogens is 284 g/mol. The number of aryl methyl sites for hydroxylation is 1. The normalized spacial score (nSPS) is 15.9. The van der Waals surface area contributed by atoms with E-state index in [1.165, 1.54) is 36.8 Å². The summed E-state index contributed by atoms with van der Waals surface area (Å²) < 4.78 is 7.69. The summed E-state index contributed by atoms with van der Waals surface area (Å²) >= 11 is 0. The number of rotatable bonds is 8. The van der Waals surface area contributed by atoms with Gasteiger partial charge in [-0.2, -0.15) is 5.10 Å². The van der Waals surface area contributed by atoms with Crippen molar-refractivity contribution >= 4 is 0 Å². The minimum absolute atomic E-state index is 0.656. The molecule has 1 aliphatic rings. The fourth-order valence-corrected chi connectivity index (χ4v) is 3.64. The highest BCUT2D eigenvalue weighted by Gasteiger charge is 2.19. The first kappa shape index (κ1) is 16.1. The number of benzene rings is 1. The molecule has 2 heterocycles. The van der Waals surface area contributed by atoms with Crippen LogP contribution in [0.25, 0.3) is 0 Å². The average molecular weight is 312 g/mol. The molecule has 0 spiro atoms. The van der Waals surface area contributed by atoms with E-state index in [2.05, 4.69) is 48.0 Å². The third-order valence-electron chi connectivity index (χ3n) is 5.20. The van der Waals surface area contributed by atoms with Crippen LogP contribution in [0.3, 0.4) is 0 Å². The average Bonchev–Trinajstić information content (AvgIpc) is 3.26. The van der Waals surface area contributed by atoms with Gasteiger partial charge in [0, 0.05) is 25.4 Å². The van der Waals surface area contributed by atoms with Crippen molar-refractivity contribution in [3.63, 3.8) is 0 Å². The predicted octanol–water partition coefficient (Wildman–Crippen LogP) is 4.82. The Morgan fingerprint density at radius 2 is 2.17 bits per heavy atom. The zero-order valence-corrected chi connectivity index (χ0v) is 14.4. The van der Waals surface area contributed by atoms with Gasteiger partial charge in [-0.3, -0.25) is 4.68 Å². The first-order valence-electron chi connectivity index (χ1n) is 9.03. The number of hydrogen-bond acceptors (Lipinski definition) is 2. The zero-order chi connectivity index (χ0) is 16.1. The smallest absolute Gasteiger partial charge is 0.122 e. The Balaban J connectivity index is 1.62.